The second-order valence-electron chi connectivity index (χ2n) is 3.78. The van der Waals surface area contributed by atoms with Gasteiger partial charge in [-0.3, -0.25) is 0 Å². The van der Waals surface area contributed by atoms with Crippen LogP contribution in [0.4, 0.5) is 5.69 Å². The molecule has 1 fully saturated rings. The maximum Gasteiger partial charge on any atom is 0.0352 e. The molecule has 0 unspecified atom stereocenters. The number of hydrogen-bond donors (Lipinski definition) is 1. The molecule has 0 radical (unpaired) electrons. The minimum Gasteiger partial charge on any atom is -0.382 e. The van der Waals surface area contributed by atoms with Gasteiger partial charge in [0.25, 0.3) is 0 Å². The Morgan fingerprint density at radius 3 is 2.85 bits per heavy atom. The lowest BCUT2D eigenvalue weighted by molar-refractivity contribution is 0.694. The topological polar surface area (TPSA) is 12.0 Å². The molecule has 0 bridgehead atoms. The van der Waals surface area contributed by atoms with E-state index >= 15 is 0 Å². The van der Waals surface area contributed by atoms with Gasteiger partial charge in [0.2, 0.25) is 0 Å². The summed E-state index contributed by atoms with van der Waals surface area (Å²) < 4.78 is 1.30. The normalized spacial score (nSPS) is 18.3. The monoisotopic (exact) mass is 287 g/mol. The number of benzene rings is 1. The Morgan fingerprint density at radius 2 is 2.23 bits per heavy atom. The molecule has 0 aromatic heterocycles. The molecule has 1 aromatic carbocycles. The molecule has 0 spiro atoms. The van der Waals surface area contributed by atoms with Crippen LogP contribution in [0, 0.1) is 9.49 Å². The van der Waals surface area contributed by atoms with Gasteiger partial charge < -0.3 is 5.32 Å². The lowest BCUT2D eigenvalue weighted by Gasteiger charge is -2.14. The molecule has 1 atom stereocenters. The molecule has 0 heterocycles. The van der Waals surface area contributed by atoms with Gasteiger partial charge in [-0.15, -0.1) is 0 Å². The van der Waals surface area contributed by atoms with Crippen molar-refractivity contribution in [2.24, 2.45) is 5.92 Å². The third-order valence-electron chi connectivity index (χ3n) is 2.55. The molecular formula is C11H14IN. The maximum absolute atomic E-state index is 3.54. The standard InChI is InChI=1S/C11H14IN/c1-8(9-5-6-9)13-11-4-2-3-10(12)7-11/h2-4,7-9,13H,5-6H2,1H3/t8-/m0/s1. The van der Waals surface area contributed by atoms with Gasteiger partial charge in [-0.2, -0.15) is 0 Å². The van der Waals surface area contributed by atoms with Gasteiger partial charge in [0.05, 0.1) is 0 Å². The molecule has 1 aliphatic carbocycles. The van der Waals surface area contributed by atoms with Gasteiger partial charge in [-0.1, -0.05) is 6.07 Å². The van der Waals surface area contributed by atoms with E-state index in [9.17, 15) is 0 Å². The zero-order valence-electron chi connectivity index (χ0n) is 7.76. The van der Waals surface area contributed by atoms with Crippen LogP contribution >= 0.6 is 22.6 Å². The van der Waals surface area contributed by atoms with Crippen molar-refractivity contribution in [3.8, 4) is 0 Å². The fourth-order valence-corrected chi connectivity index (χ4v) is 2.10. The molecule has 0 aliphatic heterocycles. The summed E-state index contributed by atoms with van der Waals surface area (Å²) in [5, 5.41) is 3.54. The van der Waals surface area contributed by atoms with Crippen molar-refractivity contribution in [1.82, 2.24) is 0 Å². The molecule has 1 saturated carbocycles. The third kappa shape index (κ3) is 2.59. The molecule has 13 heavy (non-hydrogen) atoms. The fraction of sp³-hybridized carbons (Fsp3) is 0.455. The largest absolute Gasteiger partial charge is 0.382 e. The van der Waals surface area contributed by atoms with Crippen molar-refractivity contribution in [3.05, 3.63) is 27.8 Å². The van der Waals surface area contributed by atoms with Crippen LogP contribution in [0.15, 0.2) is 24.3 Å². The van der Waals surface area contributed by atoms with Crippen molar-refractivity contribution in [2.45, 2.75) is 25.8 Å². The van der Waals surface area contributed by atoms with E-state index in [2.05, 4.69) is 59.1 Å². The van der Waals surface area contributed by atoms with E-state index in [1.807, 2.05) is 0 Å². The molecule has 70 valence electrons. The Hall–Kier alpha value is -0.250. The van der Waals surface area contributed by atoms with Crippen LogP contribution in [0.2, 0.25) is 0 Å². The molecular weight excluding hydrogens is 273 g/mol. The van der Waals surface area contributed by atoms with Crippen molar-refractivity contribution in [1.29, 1.82) is 0 Å². The Balaban J connectivity index is 2.00. The summed E-state index contributed by atoms with van der Waals surface area (Å²) in [6, 6.07) is 9.19. The predicted molar refractivity (Wildman–Crippen MR) is 65.0 cm³/mol. The Labute approximate surface area is 93.1 Å². The molecule has 0 amide bonds. The van der Waals surface area contributed by atoms with Gasteiger partial charge in [-0.25, -0.2) is 0 Å². The molecule has 2 rings (SSSR count). The number of halogens is 1. The van der Waals surface area contributed by atoms with Crippen molar-refractivity contribution < 1.29 is 0 Å². The lowest BCUT2D eigenvalue weighted by Crippen LogP contribution is -2.17. The molecule has 1 nitrogen and oxygen atoms in total. The minimum absolute atomic E-state index is 0.637. The number of rotatable bonds is 3. The molecule has 0 saturated heterocycles. The summed E-state index contributed by atoms with van der Waals surface area (Å²) in [7, 11) is 0. The van der Waals surface area contributed by atoms with Crippen LogP contribution in [0.5, 0.6) is 0 Å². The van der Waals surface area contributed by atoms with Crippen LogP contribution in [0.3, 0.4) is 0 Å². The highest BCUT2D eigenvalue weighted by atomic mass is 127. The zero-order valence-corrected chi connectivity index (χ0v) is 9.91. The first-order valence-corrected chi connectivity index (χ1v) is 5.85. The lowest BCUT2D eigenvalue weighted by atomic mass is 10.2. The first-order valence-electron chi connectivity index (χ1n) is 4.78. The summed E-state index contributed by atoms with van der Waals surface area (Å²) >= 11 is 2.35. The summed E-state index contributed by atoms with van der Waals surface area (Å²) in [5.74, 6) is 0.915. The summed E-state index contributed by atoms with van der Waals surface area (Å²) in [6.45, 7) is 2.28. The van der Waals surface area contributed by atoms with Crippen LogP contribution in [-0.2, 0) is 0 Å². The number of anilines is 1. The Bertz CT molecular complexity index is 294. The number of hydrogen-bond acceptors (Lipinski definition) is 1. The summed E-state index contributed by atoms with van der Waals surface area (Å²) in [5.41, 5.74) is 1.26. The summed E-state index contributed by atoms with van der Waals surface area (Å²) in [6.07, 6.45) is 2.80. The highest BCUT2D eigenvalue weighted by molar-refractivity contribution is 14.1. The van der Waals surface area contributed by atoms with Crippen LogP contribution < -0.4 is 5.32 Å². The van der Waals surface area contributed by atoms with E-state index in [1.54, 1.807) is 0 Å². The van der Waals surface area contributed by atoms with Crippen molar-refractivity contribution in [2.75, 3.05) is 5.32 Å². The quantitative estimate of drug-likeness (QED) is 0.839. The Kier molecular flexibility index (Phi) is 2.77. The molecule has 2 heteroatoms. The molecule has 1 aliphatic rings. The van der Waals surface area contributed by atoms with Crippen LogP contribution in [0.1, 0.15) is 19.8 Å². The first-order chi connectivity index (χ1) is 6.25. The Morgan fingerprint density at radius 1 is 1.46 bits per heavy atom. The SMILES string of the molecule is C[C@H](Nc1cccc(I)c1)C1CC1. The predicted octanol–water partition coefficient (Wildman–Crippen LogP) is 3.50. The number of nitrogens with one attached hydrogen (secondary N) is 1. The van der Waals surface area contributed by atoms with Gasteiger partial charge in [-0.05, 0) is 66.5 Å². The van der Waals surface area contributed by atoms with Gasteiger partial charge in [0.1, 0.15) is 0 Å². The second kappa shape index (κ2) is 3.86. The average Bonchev–Trinajstić information content (AvgIpc) is 2.85. The third-order valence-corrected chi connectivity index (χ3v) is 3.22. The van der Waals surface area contributed by atoms with Gasteiger partial charge in [0.15, 0.2) is 0 Å². The highest BCUT2D eigenvalue weighted by Crippen LogP contribution is 2.33. The van der Waals surface area contributed by atoms with E-state index in [0.717, 1.165) is 5.92 Å². The van der Waals surface area contributed by atoms with Gasteiger partial charge in [0, 0.05) is 15.3 Å². The second-order valence-corrected chi connectivity index (χ2v) is 5.03. The van der Waals surface area contributed by atoms with E-state index in [0.29, 0.717) is 6.04 Å². The molecule has 1 aromatic rings. The highest BCUT2D eigenvalue weighted by Gasteiger charge is 2.27. The van der Waals surface area contributed by atoms with Crippen LogP contribution in [0.25, 0.3) is 0 Å². The van der Waals surface area contributed by atoms with E-state index in [-0.39, 0.29) is 0 Å². The van der Waals surface area contributed by atoms with E-state index < -0.39 is 0 Å². The minimum atomic E-state index is 0.637. The first kappa shape index (κ1) is 9.31. The van der Waals surface area contributed by atoms with Crippen molar-refractivity contribution >= 4 is 28.3 Å². The van der Waals surface area contributed by atoms with E-state index in [1.165, 1.54) is 22.1 Å². The summed E-state index contributed by atoms with van der Waals surface area (Å²) in [4.78, 5) is 0. The van der Waals surface area contributed by atoms with Crippen LogP contribution in [-0.4, -0.2) is 6.04 Å². The van der Waals surface area contributed by atoms with Gasteiger partial charge >= 0.3 is 0 Å². The smallest absolute Gasteiger partial charge is 0.0352 e. The van der Waals surface area contributed by atoms with E-state index in [4.69, 9.17) is 0 Å². The zero-order chi connectivity index (χ0) is 9.26. The average molecular weight is 287 g/mol. The van der Waals surface area contributed by atoms with Crippen molar-refractivity contribution in [3.63, 3.8) is 0 Å². The maximum atomic E-state index is 3.54. The molecule has 1 N–H and O–H groups in total. The fourth-order valence-electron chi connectivity index (χ4n) is 1.56.